The molecule has 0 atom stereocenters. The van der Waals surface area contributed by atoms with Crippen molar-refractivity contribution in [3.63, 3.8) is 0 Å². The highest BCUT2D eigenvalue weighted by molar-refractivity contribution is 5.92. The standard InChI is InChI=1S/C10H10N2O4/c1-15-5-6-3-7(10(14)16-2)8(4-11)9(13)12-6/h3H,5H2,1-2H3,(H,12,13). The molecule has 0 unspecified atom stereocenters. The van der Waals surface area contributed by atoms with Gasteiger partial charge in [-0.1, -0.05) is 0 Å². The van der Waals surface area contributed by atoms with E-state index >= 15 is 0 Å². The van der Waals surface area contributed by atoms with Gasteiger partial charge in [0.1, 0.15) is 11.6 Å². The van der Waals surface area contributed by atoms with Crippen molar-refractivity contribution in [2.24, 2.45) is 0 Å². The van der Waals surface area contributed by atoms with Crippen LogP contribution in [0.2, 0.25) is 0 Å². The number of nitrogens with one attached hydrogen (secondary N) is 1. The van der Waals surface area contributed by atoms with Crippen molar-refractivity contribution in [1.29, 1.82) is 5.26 Å². The van der Waals surface area contributed by atoms with E-state index in [-0.39, 0.29) is 17.7 Å². The van der Waals surface area contributed by atoms with Crippen LogP contribution in [-0.2, 0) is 16.1 Å². The summed E-state index contributed by atoms with van der Waals surface area (Å²) in [7, 11) is 2.63. The zero-order valence-electron chi connectivity index (χ0n) is 8.86. The van der Waals surface area contributed by atoms with Crippen molar-refractivity contribution in [3.05, 3.63) is 33.2 Å². The monoisotopic (exact) mass is 222 g/mol. The minimum Gasteiger partial charge on any atom is -0.465 e. The second-order valence-electron chi connectivity index (χ2n) is 2.95. The molecule has 0 bridgehead atoms. The van der Waals surface area contributed by atoms with Crippen LogP contribution in [0.1, 0.15) is 21.6 Å². The molecule has 1 aromatic rings. The van der Waals surface area contributed by atoms with Crippen molar-refractivity contribution < 1.29 is 14.3 Å². The molecule has 1 N–H and O–H groups in total. The van der Waals surface area contributed by atoms with E-state index in [0.29, 0.717) is 5.69 Å². The van der Waals surface area contributed by atoms with E-state index in [4.69, 9.17) is 10.00 Å². The van der Waals surface area contributed by atoms with Gasteiger partial charge in [-0.25, -0.2) is 4.79 Å². The number of pyridine rings is 1. The van der Waals surface area contributed by atoms with Gasteiger partial charge in [-0.2, -0.15) is 5.26 Å². The molecule has 1 rings (SSSR count). The van der Waals surface area contributed by atoms with Gasteiger partial charge >= 0.3 is 5.97 Å². The predicted octanol–water partition coefficient (Wildman–Crippen LogP) is 0.180. The number of methoxy groups -OCH3 is 2. The molecule has 6 nitrogen and oxygen atoms in total. The Morgan fingerprint density at radius 2 is 2.25 bits per heavy atom. The minimum absolute atomic E-state index is 0.0548. The number of carbonyl (C=O) groups is 1. The number of carbonyl (C=O) groups excluding carboxylic acids is 1. The normalized spacial score (nSPS) is 9.56. The third-order valence-electron chi connectivity index (χ3n) is 1.91. The maximum Gasteiger partial charge on any atom is 0.339 e. The van der Waals surface area contributed by atoms with Crippen LogP contribution in [0.25, 0.3) is 0 Å². The van der Waals surface area contributed by atoms with Crippen molar-refractivity contribution in [2.45, 2.75) is 6.61 Å². The van der Waals surface area contributed by atoms with Gasteiger partial charge in [0.15, 0.2) is 0 Å². The van der Waals surface area contributed by atoms with E-state index in [9.17, 15) is 9.59 Å². The number of aromatic amines is 1. The highest BCUT2D eigenvalue weighted by atomic mass is 16.5. The molecule has 1 aromatic heterocycles. The summed E-state index contributed by atoms with van der Waals surface area (Å²) >= 11 is 0. The van der Waals surface area contributed by atoms with Crippen LogP contribution in [-0.4, -0.2) is 25.2 Å². The molecule has 84 valence electrons. The third-order valence-corrected chi connectivity index (χ3v) is 1.91. The summed E-state index contributed by atoms with van der Waals surface area (Å²) in [6, 6.07) is 3.03. The molecule has 0 spiro atoms. The summed E-state index contributed by atoms with van der Waals surface area (Å²) in [6.45, 7) is 0.144. The van der Waals surface area contributed by atoms with Crippen molar-refractivity contribution in [1.82, 2.24) is 4.98 Å². The molecule has 0 aliphatic carbocycles. The van der Waals surface area contributed by atoms with Crippen molar-refractivity contribution >= 4 is 5.97 Å². The number of nitrogens with zero attached hydrogens (tertiary/aromatic N) is 1. The molecule has 0 aromatic carbocycles. The van der Waals surface area contributed by atoms with E-state index in [1.807, 2.05) is 0 Å². The van der Waals surface area contributed by atoms with E-state index in [1.54, 1.807) is 6.07 Å². The molecule has 0 saturated carbocycles. The zero-order valence-corrected chi connectivity index (χ0v) is 8.86. The second-order valence-corrected chi connectivity index (χ2v) is 2.95. The summed E-state index contributed by atoms with van der Waals surface area (Å²) in [5.41, 5.74) is -0.531. The number of aromatic nitrogens is 1. The highest BCUT2D eigenvalue weighted by Crippen LogP contribution is 2.07. The van der Waals surface area contributed by atoms with Crippen LogP contribution in [0.4, 0.5) is 0 Å². The molecule has 0 aliphatic heterocycles. The molecular weight excluding hydrogens is 212 g/mol. The van der Waals surface area contributed by atoms with Gasteiger partial charge < -0.3 is 14.5 Å². The van der Waals surface area contributed by atoms with Crippen LogP contribution < -0.4 is 5.56 Å². The Morgan fingerprint density at radius 3 is 2.75 bits per heavy atom. The van der Waals surface area contributed by atoms with Crippen LogP contribution >= 0.6 is 0 Å². The molecule has 0 amide bonds. The third kappa shape index (κ3) is 2.27. The number of ether oxygens (including phenoxy) is 2. The van der Waals surface area contributed by atoms with Gasteiger partial charge in [0, 0.05) is 12.8 Å². The Hall–Kier alpha value is -2.13. The molecule has 0 radical (unpaired) electrons. The van der Waals surface area contributed by atoms with E-state index in [2.05, 4.69) is 9.72 Å². The second kappa shape index (κ2) is 5.09. The van der Waals surface area contributed by atoms with Crippen LogP contribution in [0, 0.1) is 11.3 Å². The molecule has 1 heterocycles. The molecular formula is C10H10N2O4. The number of H-pyrrole nitrogens is 1. The fourth-order valence-corrected chi connectivity index (χ4v) is 1.23. The SMILES string of the molecule is COCc1cc(C(=O)OC)c(C#N)c(=O)[nH]1. The van der Waals surface area contributed by atoms with Gasteiger partial charge in [-0.05, 0) is 6.07 Å². The van der Waals surface area contributed by atoms with Crippen molar-refractivity contribution in [2.75, 3.05) is 14.2 Å². The van der Waals surface area contributed by atoms with E-state index in [1.165, 1.54) is 20.3 Å². The molecule has 0 fully saturated rings. The largest absolute Gasteiger partial charge is 0.465 e. The Bertz CT molecular complexity index is 499. The lowest BCUT2D eigenvalue weighted by molar-refractivity contribution is 0.0599. The quantitative estimate of drug-likeness (QED) is 0.736. The van der Waals surface area contributed by atoms with Gasteiger partial charge in [0.25, 0.3) is 5.56 Å². The van der Waals surface area contributed by atoms with Crippen LogP contribution in [0.5, 0.6) is 0 Å². The first-order valence-corrected chi connectivity index (χ1v) is 4.37. The van der Waals surface area contributed by atoms with E-state index < -0.39 is 11.5 Å². The summed E-state index contributed by atoms with van der Waals surface area (Å²) in [4.78, 5) is 25.2. The molecule has 0 aliphatic rings. The maximum absolute atomic E-state index is 11.4. The summed E-state index contributed by atoms with van der Waals surface area (Å²) < 4.78 is 9.30. The average Bonchev–Trinajstić information content (AvgIpc) is 2.27. The Kier molecular flexibility index (Phi) is 3.80. The van der Waals surface area contributed by atoms with E-state index in [0.717, 1.165) is 0 Å². The van der Waals surface area contributed by atoms with Gasteiger partial charge in [0.2, 0.25) is 0 Å². The lowest BCUT2D eigenvalue weighted by Gasteiger charge is -2.04. The number of rotatable bonds is 3. The fraction of sp³-hybridized carbons (Fsp3) is 0.300. The zero-order chi connectivity index (χ0) is 12.1. The topological polar surface area (TPSA) is 92.2 Å². The first-order chi connectivity index (χ1) is 7.63. The maximum atomic E-state index is 11.4. The summed E-state index contributed by atoms with van der Waals surface area (Å²) in [5, 5.41) is 8.76. The number of hydrogen-bond donors (Lipinski definition) is 1. The van der Waals surface area contributed by atoms with Gasteiger partial charge in [0.05, 0.1) is 19.3 Å². The smallest absolute Gasteiger partial charge is 0.339 e. The molecule has 0 saturated heterocycles. The fourth-order valence-electron chi connectivity index (χ4n) is 1.23. The molecule has 6 heteroatoms. The Morgan fingerprint density at radius 1 is 1.56 bits per heavy atom. The minimum atomic E-state index is -0.722. The summed E-state index contributed by atoms with van der Waals surface area (Å²) in [6.07, 6.45) is 0. The summed E-state index contributed by atoms with van der Waals surface area (Å²) in [5.74, 6) is -0.722. The molecule has 16 heavy (non-hydrogen) atoms. The lowest BCUT2D eigenvalue weighted by Crippen LogP contribution is -2.19. The highest BCUT2D eigenvalue weighted by Gasteiger charge is 2.16. The first-order valence-electron chi connectivity index (χ1n) is 4.37. The van der Waals surface area contributed by atoms with Crippen LogP contribution in [0.15, 0.2) is 10.9 Å². The average molecular weight is 222 g/mol. The number of esters is 1. The van der Waals surface area contributed by atoms with Gasteiger partial charge in [-0.15, -0.1) is 0 Å². The Balaban J connectivity index is 3.38. The lowest BCUT2D eigenvalue weighted by atomic mass is 10.1. The van der Waals surface area contributed by atoms with Crippen molar-refractivity contribution in [3.8, 4) is 6.07 Å². The predicted molar refractivity (Wildman–Crippen MR) is 53.8 cm³/mol. The Labute approximate surface area is 91.4 Å². The number of hydrogen-bond acceptors (Lipinski definition) is 5. The number of nitriles is 1. The first kappa shape index (κ1) is 11.9. The van der Waals surface area contributed by atoms with Crippen LogP contribution in [0.3, 0.4) is 0 Å². The van der Waals surface area contributed by atoms with Gasteiger partial charge in [-0.3, -0.25) is 4.79 Å².